The van der Waals surface area contributed by atoms with E-state index in [0.717, 1.165) is 23.6 Å². The van der Waals surface area contributed by atoms with Crippen molar-refractivity contribution in [2.75, 3.05) is 5.32 Å². The van der Waals surface area contributed by atoms with Crippen molar-refractivity contribution in [3.05, 3.63) is 53.0 Å². The number of aryl methyl sites for hydroxylation is 1. The minimum atomic E-state index is 0.847. The summed E-state index contributed by atoms with van der Waals surface area (Å²) in [5.74, 6) is 0.875. The average Bonchev–Trinajstić information content (AvgIpc) is 3.08. The maximum absolute atomic E-state index is 4.12. The van der Waals surface area contributed by atoms with Crippen LogP contribution in [0.25, 0.3) is 11.4 Å². The van der Waals surface area contributed by atoms with Gasteiger partial charge in [-0.2, -0.15) is 0 Å². The number of hydrogen-bond donors (Lipinski definition) is 1. The summed E-state index contributed by atoms with van der Waals surface area (Å²) in [6.07, 6.45) is 1.71. The predicted octanol–water partition coefficient (Wildman–Crippen LogP) is 3.16. The van der Waals surface area contributed by atoms with Gasteiger partial charge in [0.2, 0.25) is 0 Å². The number of anilines is 1. The lowest BCUT2D eigenvalue weighted by Gasteiger charge is -2.07. The smallest absolute Gasteiger partial charge is 0.163 e. The van der Waals surface area contributed by atoms with Crippen LogP contribution in [-0.2, 0) is 13.6 Å². The van der Waals surface area contributed by atoms with Gasteiger partial charge in [-0.25, -0.2) is 0 Å². The highest BCUT2D eigenvalue weighted by molar-refractivity contribution is 7.09. The highest BCUT2D eigenvalue weighted by Gasteiger charge is 2.05. The highest BCUT2D eigenvalue weighted by Crippen LogP contribution is 2.21. The first-order chi connectivity index (χ1) is 9.33. The normalized spacial score (nSPS) is 10.6. The molecule has 2 aromatic heterocycles. The van der Waals surface area contributed by atoms with E-state index in [1.165, 1.54) is 4.88 Å². The van der Waals surface area contributed by atoms with Crippen LogP contribution in [0.15, 0.2) is 48.1 Å². The summed E-state index contributed by atoms with van der Waals surface area (Å²) < 4.78 is 1.92. The molecule has 0 aliphatic heterocycles. The standard InChI is InChI=1S/C14H14N4S/c1-18-10-16-17-14(18)11-4-2-5-12(8-11)15-9-13-6-3-7-19-13/h2-8,10,15H,9H2,1H3. The Kier molecular flexibility index (Phi) is 3.29. The van der Waals surface area contributed by atoms with Crippen molar-refractivity contribution in [3.63, 3.8) is 0 Å². The molecule has 0 radical (unpaired) electrons. The van der Waals surface area contributed by atoms with Gasteiger partial charge in [0.15, 0.2) is 5.82 Å². The van der Waals surface area contributed by atoms with Crippen molar-refractivity contribution in [1.29, 1.82) is 0 Å². The number of nitrogens with zero attached hydrogens (tertiary/aromatic N) is 3. The molecule has 0 amide bonds. The zero-order chi connectivity index (χ0) is 13.1. The maximum Gasteiger partial charge on any atom is 0.163 e. The second-order valence-corrected chi connectivity index (χ2v) is 5.31. The van der Waals surface area contributed by atoms with Crippen molar-refractivity contribution < 1.29 is 0 Å². The summed E-state index contributed by atoms with van der Waals surface area (Å²) in [5, 5.41) is 13.5. The van der Waals surface area contributed by atoms with E-state index in [2.05, 4.69) is 45.2 Å². The Balaban J connectivity index is 1.78. The molecule has 0 bridgehead atoms. The van der Waals surface area contributed by atoms with Crippen molar-refractivity contribution in [1.82, 2.24) is 14.8 Å². The first-order valence-electron chi connectivity index (χ1n) is 6.03. The minimum Gasteiger partial charge on any atom is -0.380 e. The molecule has 0 spiro atoms. The lowest BCUT2D eigenvalue weighted by atomic mass is 10.2. The molecule has 3 aromatic rings. The molecule has 3 rings (SSSR count). The summed E-state index contributed by atoms with van der Waals surface area (Å²) in [7, 11) is 1.95. The Morgan fingerprint density at radius 1 is 1.26 bits per heavy atom. The molecular formula is C14H14N4S. The van der Waals surface area contributed by atoms with Gasteiger partial charge < -0.3 is 9.88 Å². The molecule has 0 aliphatic carbocycles. The quantitative estimate of drug-likeness (QED) is 0.792. The Hall–Kier alpha value is -2.14. The Morgan fingerprint density at radius 3 is 2.95 bits per heavy atom. The van der Waals surface area contributed by atoms with Gasteiger partial charge in [0, 0.05) is 29.7 Å². The molecule has 5 heteroatoms. The van der Waals surface area contributed by atoms with Crippen LogP contribution in [0.4, 0.5) is 5.69 Å². The van der Waals surface area contributed by atoms with Crippen molar-refractivity contribution in [2.45, 2.75) is 6.54 Å². The lowest BCUT2D eigenvalue weighted by Crippen LogP contribution is -1.98. The van der Waals surface area contributed by atoms with Crippen LogP contribution in [0.1, 0.15) is 4.88 Å². The van der Waals surface area contributed by atoms with Crippen LogP contribution in [-0.4, -0.2) is 14.8 Å². The number of thiophene rings is 1. The van der Waals surface area contributed by atoms with Crippen molar-refractivity contribution >= 4 is 17.0 Å². The van der Waals surface area contributed by atoms with Crippen LogP contribution in [0.3, 0.4) is 0 Å². The lowest BCUT2D eigenvalue weighted by molar-refractivity contribution is 0.920. The van der Waals surface area contributed by atoms with Gasteiger partial charge in [-0.05, 0) is 23.6 Å². The second kappa shape index (κ2) is 5.24. The Bertz CT molecular complexity index is 658. The predicted molar refractivity (Wildman–Crippen MR) is 78.1 cm³/mol. The molecule has 0 fully saturated rings. The monoisotopic (exact) mass is 270 g/mol. The van der Waals surface area contributed by atoms with Gasteiger partial charge >= 0.3 is 0 Å². The first kappa shape index (κ1) is 11.9. The number of benzene rings is 1. The molecule has 0 saturated heterocycles. The van der Waals surface area contributed by atoms with Crippen LogP contribution >= 0.6 is 11.3 Å². The molecular weight excluding hydrogens is 256 g/mol. The van der Waals surface area contributed by atoms with Gasteiger partial charge in [-0.3, -0.25) is 0 Å². The molecule has 0 unspecified atom stereocenters. The third-order valence-electron chi connectivity index (χ3n) is 2.88. The third kappa shape index (κ3) is 2.66. The van der Waals surface area contributed by atoms with Gasteiger partial charge in [-0.15, -0.1) is 21.5 Å². The third-order valence-corrected chi connectivity index (χ3v) is 3.76. The molecule has 0 aliphatic rings. The summed E-state index contributed by atoms with van der Waals surface area (Å²) in [6.45, 7) is 0.847. The van der Waals surface area contributed by atoms with Crippen molar-refractivity contribution in [2.24, 2.45) is 7.05 Å². The van der Waals surface area contributed by atoms with E-state index in [1.807, 2.05) is 23.7 Å². The fourth-order valence-corrected chi connectivity index (χ4v) is 2.56. The van der Waals surface area contributed by atoms with Crippen LogP contribution in [0.5, 0.6) is 0 Å². The second-order valence-electron chi connectivity index (χ2n) is 4.28. The average molecular weight is 270 g/mol. The zero-order valence-corrected chi connectivity index (χ0v) is 11.4. The van der Waals surface area contributed by atoms with Crippen molar-refractivity contribution in [3.8, 4) is 11.4 Å². The topological polar surface area (TPSA) is 42.7 Å². The summed E-state index contributed by atoms with van der Waals surface area (Å²) >= 11 is 1.76. The van der Waals surface area contributed by atoms with E-state index < -0.39 is 0 Å². The van der Waals surface area contributed by atoms with E-state index in [9.17, 15) is 0 Å². The number of aromatic nitrogens is 3. The maximum atomic E-state index is 4.12. The SMILES string of the molecule is Cn1cnnc1-c1cccc(NCc2cccs2)c1. The largest absolute Gasteiger partial charge is 0.380 e. The van der Waals surface area contributed by atoms with E-state index >= 15 is 0 Å². The van der Waals surface area contributed by atoms with Gasteiger partial charge in [0.1, 0.15) is 6.33 Å². The van der Waals surface area contributed by atoms with E-state index in [1.54, 1.807) is 17.7 Å². The molecule has 1 aromatic carbocycles. The van der Waals surface area contributed by atoms with Gasteiger partial charge in [0.05, 0.1) is 0 Å². The van der Waals surface area contributed by atoms with E-state index in [0.29, 0.717) is 0 Å². The number of hydrogen-bond acceptors (Lipinski definition) is 4. The van der Waals surface area contributed by atoms with Gasteiger partial charge in [-0.1, -0.05) is 18.2 Å². The zero-order valence-electron chi connectivity index (χ0n) is 10.6. The molecule has 4 nitrogen and oxygen atoms in total. The van der Waals surface area contributed by atoms with Crippen LogP contribution < -0.4 is 5.32 Å². The highest BCUT2D eigenvalue weighted by atomic mass is 32.1. The fourth-order valence-electron chi connectivity index (χ4n) is 1.92. The summed E-state index contributed by atoms with van der Waals surface area (Å²) in [5.41, 5.74) is 2.16. The molecule has 0 saturated carbocycles. The number of nitrogens with one attached hydrogen (secondary N) is 1. The Morgan fingerprint density at radius 2 is 2.21 bits per heavy atom. The van der Waals surface area contributed by atoms with Gasteiger partial charge in [0.25, 0.3) is 0 Å². The molecule has 96 valence electrons. The molecule has 1 N–H and O–H groups in total. The Labute approximate surface area is 115 Å². The molecule has 0 atom stereocenters. The summed E-state index contributed by atoms with van der Waals surface area (Å²) in [4.78, 5) is 1.32. The summed E-state index contributed by atoms with van der Waals surface area (Å²) in [6, 6.07) is 12.4. The molecule has 2 heterocycles. The van der Waals surface area contributed by atoms with E-state index in [-0.39, 0.29) is 0 Å². The van der Waals surface area contributed by atoms with Crippen LogP contribution in [0.2, 0.25) is 0 Å². The van der Waals surface area contributed by atoms with Crippen LogP contribution in [0, 0.1) is 0 Å². The first-order valence-corrected chi connectivity index (χ1v) is 6.91. The van der Waals surface area contributed by atoms with E-state index in [4.69, 9.17) is 0 Å². The number of rotatable bonds is 4. The minimum absolute atomic E-state index is 0.847. The fraction of sp³-hybridized carbons (Fsp3) is 0.143. The molecule has 19 heavy (non-hydrogen) atoms.